The first-order valence-electron chi connectivity index (χ1n) is 10.1. The number of hydrogen-bond donors (Lipinski definition) is 1. The molecule has 1 N–H and O–H groups in total. The normalized spacial score (nSPS) is 15.4. The molecule has 2 aromatic carbocycles. The molecule has 0 aliphatic carbocycles. The molecule has 6 heteroatoms. The maximum absolute atomic E-state index is 10.8. The number of nitrogens with zero attached hydrogens (tertiary/aromatic N) is 2. The van der Waals surface area contributed by atoms with Gasteiger partial charge in [0, 0.05) is 12.6 Å². The molecule has 3 aromatic rings. The Morgan fingerprint density at radius 3 is 2.70 bits per heavy atom. The van der Waals surface area contributed by atoms with Gasteiger partial charge in [0.2, 0.25) is 5.58 Å². The van der Waals surface area contributed by atoms with Crippen molar-refractivity contribution in [2.75, 3.05) is 13.2 Å². The fraction of sp³-hybridized carbons (Fsp3) is 0.250. The van der Waals surface area contributed by atoms with Crippen LogP contribution in [0.5, 0.6) is 0 Å². The SMILES string of the molecule is CC[n+]1c(/C=C/C=C2/OCCN2Cc2ccc(CC(=O)O)cc2)oc2ccccc21. The second-order valence-electron chi connectivity index (χ2n) is 7.17. The molecule has 30 heavy (non-hydrogen) atoms. The topological polar surface area (TPSA) is 66.8 Å². The maximum Gasteiger partial charge on any atom is 0.374 e. The Labute approximate surface area is 175 Å². The zero-order valence-electron chi connectivity index (χ0n) is 17.0. The molecule has 0 atom stereocenters. The van der Waals surface area contributed by atoms with Gasteiger partial charge in [0.25, 0.3) is 5.52 Å². The Morgan fingerprint density at radius 1 is 1.17 bits per heavy atom. The summed E-state index contributed by atoms with van der Waals surface area (Å²) >= 11 is 0. The van der Waals surface area contributed by atoms with Gasteiger partial charge in [-0.1, -0.05) is 36.4 Å². The monoisotopic (exact) mass is 405 g/mol. The van der Waals surface area contributed by atoms with Crippen LogP contribution < -0.4 is 4.57 Å². The van der Waals surface area contributed by atoms with Crippen LogP contribution >= 0.6 is 0 Å². The van der Waals surface area contributed by atoms with Crippen LogP contribution in [-0.2, 0) is 29.0 Å². The Balaban J connectivity index is 1.46. The fourth-order valence-corrected chi connectivity index (χ4v) is 3.65. The minimum Gasteiger partial charge on any atom is -0.481 e. The summed E-state index contributed by atoms with van der Waals surface area (Å²) in [5, 5.41) is 8.89. The number of aromatic nitrogens is 1. The number of para-hydroxylation sites is 2. The summed E-state index contributed by atoms with van der Waals surface area (Å²) in [5.74, 6) is 0.802. The van der Waals surface area contributed by atoms with Gasteiger partial charge in [-0.05, 0) is 36.3 Å². The molecule has 0 bridgehead atoms. The van der Waals surface area contributed by atoms with E-state index in [1.807, 2.05) is 60.7 Å². The van der Waals surface area contributed by atoms with Crippen molar-refractivity contribution in [2.45, 2.75) is 26.4 Å². The largest absolute Gasteiger partial charge is 0.481 e. The van der Waals surface area contributed by atoms with Gasteiger partial charge in [0.1, 0.15) is 13.2 Å². The van der Waals surface area contributed by atoms with Crippen molar-refractivity contribution in [2.24, 2.45) is 0 Å². The van der Waals surface area contributed by atoms with Crippen molar-refractivity contribution < 1.29 is 23.6 Å². The summed E-state index contributed by atoms with van der Waals surface area (Å²) in [5.41, 5.74) is 3.87. The highest BCUT2D eigenvalue weighted by atomic mass is 16.5. The molecule has 1 aliphatic heterocycles. The summed E-state index contributed by atoms with van der Waals surface area (Å²) in [4.78, 5) is 13.0. The summed E-state index contributed by atoms with van der Waals surface area (Å²) in [6.07, 6.45) is 5.91. The Kier molecular flexibility index (Phi) is 5.84. The number of aryl methyl sites for hydroxylation is 1. The molecule has 1 saturated heterocycles. The third-order valence-electron chi connectivity index (χ3n) is 5.11. The molecule has 0 unspecified atom stereocenters. The van der Waals surface area contributed by atoms with Gasteiger partial charge >= 0.3 is 11.9 Å². The van der Waals surface area contributed by atoms with E-state index in [0.29, 0.717) is 13.2 Å². The van der Waals surface area contributed by atoms with E-state index in [1.165, 1.54) is 0 Å². The van der Waals surface area contributed by atoms with Crippen LogP contribution in [0.4, 0.5) is 0 Å². The van der Waals surface area contributed by atoms with E-state index in [4.69, 9.17) is 14.3 Å². The lowest BCUT2D eigenvalue weighted by molar-refractivity contribution is -0.674. The van der Waals surface area contributed by atoms with E-state index >= 15 is 0 Å². The molecule has 2 heterocycles. The lowest BCUT2D eigenvalue weighted by Gasteiger charge is -2.17. The number of allylic oxidation sites excluding steroid dienone is 2. The standard InChI is InChI=1S/C24H24N2O4/c1-2-26-20-6-3-4-7-21(20)30-23(26)9-5-8-22-25(14-15-29-22)17-19-12-10-18(11-13-19)16-24(27)28/h3-13H,2,14-17H2,1H3/p+1. The van der Waals surface area contributed by atoms with E-state index < -0.39 is 5.97 Å². The van der Waals surface area contributed by atoms with Crippen molar-refractivity contribution >= 4 is 23.1 Å². The van der Waals surface area contributed by atoms with Gasteiger partial charge < -0.3 is 19.2 Å². The van der Waals surface area contributed by atoms with Gasteiger partial charge in [0.05, 0.1) is 19.0 Å². The average molecular weight is 405 g/mol. The van der Waals surface area contributed by atoms with Crippen molar-refractivity contribution in [3.05, 3.63) is 83.6 Å². The van der Waals surface area contributed by atoms with E-state index in [1.54, 1.807) is 0 Å². The second-order valence-corrected chi connectivity index (χ2v) is 7.17. The van der Waals surface area contributed by atoms with E-state index in [9.17, 15) is 4.79 Å². The van der Waals surface area contributed by atoms with Crippen molar-refractivity contribution in [1.29, 1.82) is 0 Å². The van der Waals surface area contributed by atoms with Crippen LogP contribution in [0.2, 0.25) is 0 Å². The highest BCUT2D eigenvalue weighted by Crippen LogP contribution is 2.19. The number of rotatable bonds is 7. The summed E-state index contributed by atoms with van der Waals surface area (Å²) < 4.78 is 13.9. The first kappa shape index (κ1) is 19.8. The highest BCUT2D eigenvalue weighted by Gasteiger charge is 2.19. The number of hydrogen-bond acceptors (Lipinski definition) is 4. The van der Waals surface area contributed by atoms with Gasteiger partial charge in [-0.2, -0.15) is 4.57 Å². The van der Waals surface area contributed by atoms with Crippen LogP contribution in [0.25, 0.3) is 17.2 Å². The number of carbonyl (C=O) groups is 1. The van der Waals surface area contributed by atoms with Crippen molar-refractivity contribution in [1.82, 2.24) is 4.90 Å². The molecule has 1 fully saturated rings. The minimum absolute atomic E-state index is 0.0442. The first-order valence-corrected chi connectivity index (χ1v) is 10.1. The zero-order chi connectivity index (χ0) is 20.9. The van der Waals surface area contributed by atoms with Crippen LogP contribution in [0.15, 0.2) is 71.0 Å². The lowest BCUT2D eigenvalue weighted by atomic mass is 10.1. The fourth-order valence-electron chi connectivity index (χ4n) is 3.65. The third-order valence-corrected chi connectivity index (χ3v) is 5.11. The predicted molar refractivity (Wildman–Crippen MR) is 113 cm³/mol. The minimum atomic E-state index is -0.818. The molecule has 4 rings (SSSR count). The number of aliphatic carboxylic acids is 1. The summed E-state index contributed by atoms with van der Waals surface area (Å²) in [7, 11) is 0. The van der Waals surface area contributed by atoms with Gasteiger partial charge in [-0.25, -0.2) is 0 Å². The first-order chi connectivity index (χ1) is 14.6. The Bertz CT molecular complexity index is 1100. The number of ether oxygens (including phenoxy) is 1. The van der Waals surface area contributed by atoms with Crippen molar-refractivity contribution in [3.63, 3.8) is 0 Å². The third kappa shape index (κ3) is 4.38. The van der Waals surface area contributed by atoms with Gasteiger partial charge in [0.15, 0.2) is 5.88 Å². The Morgan fingerprint density at radius 2 is 1.93 bits per heavy atom. The average Bonchev–Trinajstić information content (AvgIpc) is 3.32. The maximum atomic E-state index is 10.8. The molecule has 154 valence electrons. The molecule has 0 spiro atoms. The number of fused-ring (bicyclic) bond motifs is 1. The zero-order valence-corrected chi connectivity index (χ0v) is 17.0. The van der Waals surface area contributed by atoms with E-state index in [-0.39, 0.29) is 6.42 Å². The van der Waals surface area contributed by atoms with Crippen molar-refractivity contribution in [3.8, 4) is 0 Å². The molecule has 1 aliphatic rings. The van der Waals surface area contributed by atoms with Gasteiger partial charge in [-0.15, -0.1) is 0 Å². The van der Waals surface area contributed by atoms with Crippen LogP contribution in [0.3, 0.4) is 0 Å². The number of carboxylic acids is 1. The van der Waals surface area contributed by atoms with E-state index in [2.05, 4.69) is 22.5 Å². The number of benzene rings is 2. The van der Waals surface area contributed by atoms with Gasteiger partial charge in [-0.3, -0.25) is 4.79 Å². The van der Waals surface area contributed by atoms with Crippen LogP contribution in [0, 0.1) is 0 Å². The summed E-state index contributed by atoms with van der Waals surface area (Å²) in [6.45, 7) is 5.11. The second kappa shape index (κ2) is 8.86. The molecule has 6 nitrogen and oxygen atoms in total. The quantitative estimate of drug-likeness (QED) is 0.607. The lowest BCUT2D eigenvalue weighted by Crippen LogP contribution is -2.33. The van der Waals surface area contributed by atoms with Crippen LogP contribution in [0.1, 0.15) is 23.9 Å². The molecule has 0 radical (unpaired) electrons. The van der Waals surface area contributed by atoms with E-state index in [0.717, 1.165) is 47.1 Å². The Hall–Kier alpha value is -3.54. The molecule has 0 amide bonds. The molecule has 0 saturated carbocycles. The summed E-state index contributed by atoms with van der Waals surface area (Å²) in [6, 6.07) is 15.7. The van der Waals surface area contributed by atoms with Crippen LogP contribution in [-0.4, -0.2) is 29.1 Å². The smallest absolute Gasteiger partial charge is 0.374 e. The molecular weight excluding hydrogens is 380 g/mol. The highest BCUT2D eigenvalue weighted by molar-refractivity contribution is 5.70. The predicted octanol–water partition coefficient (Wildman–Crippen LogP) is 3.75. The molecule has 1 aromatic heterocycles. The number of oxazole rings is 1. The molecular formula is C24H25N2O4+. The number of carboxylic acid groups (broad SMARTS) is 1.